The second kappa shape index (κ2) is 7.45. The molecule has 2 N–H and O–H groups in total. The average molecular weight is 319 g/mol. The molecule has 3 rings (SSSR count). The highest BCUT2D eigenvalue weighted by Crippen LogP contribution is 2.27. The van der Waals surface area contributed by atoms with Gasteiger partial charge in [-0.2, -0.15) is 5.10 Å². The number of likely N-dealkylation sites (tertiary alicyclic amines) is 1. The van der Waals surface area contributed by atoms with Crippen LogP contribution in [0.4, 0.5) is 0 Å². The van der Waals surface area contributed by atoms with Crippen molar-refractivity contribution < 1.29 is 4.79 Å². The molecule has 6 heteroatoms. The molecule has 3 heterocycles. The van der Waals surface area contributed by atoms with Crippen molar-refractivity contribution in [2.24, 2.45) is 18.9 Å². The van der Waals surface area contributed by atoms with Gasteiger partial charge in [0.05, 0.1) is 12.1 Å². The smallest absolute Gasteiger partial charge is 0.225 e. The molecule has 2 aliphatic heterocycles. The van der Waals surface area contributed by atoms with Crippen molar-refractivity contribution in [1.82, 2.24) is 25.3 Å². The number of rotatable bonds is 5. The van der Waals surface area contributed by atoms with Gasteiger partial charge in [-0.25, -0.2) is 0 Å². The fourth-order valence-electron chi connectivity index (χ4n) is 3.89. The van der Waals surface area contributed by atoms with Crippen LogP contribution in [0.5, 0.6) is 0 Å². The Morgan fingerprint density at radius 2 is 2.35 bits per heavy atom. The number of aromatic nitrogens is 2. The lowest BCUT2D eigenvalue weighted by atomic mass is 9.90. The maximum Gasteiger partial charge on any atom is 0.225 e. The SMILES string of the molecule is CC1CCCN(CCNC(=O)[C@H]2CNC[C@@H]2c2cnn(C)c2)C1. The predicted molar refractivity (Wildman–Crippen MR) is 90.2 cm³/mol. The number of piperidine rings is 1. The number of hydrogen-bond donors (Lipinski definition) is 2. The molecule has 3 atom stereocenters. The van der Waals surface area contributed by atoms with Crippen LogP contribution in [0.15, 0.2) is 12.4 Å². The third-order valence-electron chi connectivity index (χ3n) is 5.17. The summed E-state index contributed by atoms with van der Waals surface area (Å²) >= 11 is 0. The summed E-state index contributed by atoms with van der Waals surface area (Å²) in [4.78, 5) is 15.0. The van der Waals surface area contributed by atoms with Gasteiger partial charge in [0.15, 0.2) is 0 Å². The van der Waals surface area contributed by atoms with Gasteiger partial charge in [-0.15, -0.1) is 0 Å². The number of carbonyl (C=O) groups excluding carboxylic acids is 1. The summed E-state index contributed by atoms with van der Waals surface area (Å²) in [5.41, 5.74) is 1.16. The van der Waals surface area contributed by atoms with E-state index >= 15 is 0 Å². The van der Waals surface area contributed by atoms with Gasteiger partial charge in [-0.05, 0) is 30.9 Å². The first-order valence-electron chi connectivity index (χ1n) is 8.83. The highest BCUT2D eigenvalue weighted by atomic mass is 16.1. The van der Waals surface area contributed by atoms with Crippen LogP contribution in [0.1, 0.15) is 31.2 Å². The molecule has 6 nitrogen and oxygen atoms in total. The van der Waals surface area contributed by atoms with E-state index in [9.17, 15) is 4.79 Å². The number of nitrogens with one attached hydrogen (secondary N) is 2. The molecule has 0 spiro atoms. The monoisotopic (exact) mass is 319 g/mol. The Morgan fingerprint density at radius 1 is 1.48 bits per heavy atom. The van der Waals surface area contributed by atoms with Gasteiger partial charge in [0.1, 0.15) is 0 Å². The van der Waals surface area contributed by atoms with Crippen LogP contribution in [0.25, 0.3) is 0 Å². The van der Waals surface area contributed by atoms with Crippen molar-refractivity contribution in [3.63, 3.8) is 0 Å². The van der Waals surface area contributed by atoms with E-state index in [1.54, 1.807) is 4.68 Å². The Balaban J connectivity index is 1.47. The van der Waals surface area contributed by atoms with Crippen molar-refractivity contribution in [1.29, 1.82) is 0 Å². The quantitative estimate of drug-likeness (QED) is 0.833. The zero-order valence-corrected chi connectivity index (χ0v) is 14.3. The lowest BCUT2D eigenvalue weighted by molar-refractivity contribution is -0.124. The summed E-state index contributed by atoms with van der Waals surface area (Å²) in [7, 11) is 1.92. The van der Waals surface area contributed by atoms with Gasteiger partial charge < -0.3 is 15.5 Å². The lowest BCUT2D eigenvalue weighted by Crippen LogP contribution is -2.42. The summed E-state index contributed by atoms with van der Waals surface area (Å²) in [6.07, 6.45) is 6.52. The van der Waals surface area contributed by atoms with Gasteiger partial charge in [-0.1, -0.05) is 6.92 Å². The summed E-state index contributed by atoms with van der Waals surface area (Å²) in [5.74, 6) is 1.21. The second-order valence-electron chi connectivity index (χ2n) is 7.16. The van der Waals surface area contributed by atoms with Gasteiger partial charge >= 0.3 is 0 Å². The maximum absolute atomic E-state index is 12.5. The zero-order chi connectivity index (χ0) is 16.2. The van der Waals surface area contributed by atoms with Crippen LogP contribution < -0.4 is 10.6 Å². The van der Waals surface area contributed by atoms with Gasteiger partial charge in [0.25, 0.3) is 0 Å². The summed E-state index contributed by atoms with van der Waals surface area (Å²) in [6.45, 7) is 7.98. The first kappa shape index (κ1) is 16.5. The van der Waals surface area contributed by atoms with E-state index in [0.29, 0.717) is 0 Å². The molecule has 0 radical (unpaired) electrons. The molecule has 0 saturated carbocycles. The molecule has 2 fully saturated rings. The Hall–Kier alpha value is -1.40. The predicted octanol–water partition coefficient (Wildman–Crippen LogP) is 0.571. The van der Waals surface area contributed by atoms with Crippen LogP contribution >= 0.6 is 0 Å². The van der Waals surface area contributed by atoms with E-state index in [1.807, 2.05) is 19.4 Å². The third kappa shape index (κ3) is 4.12. The highest BCUT2D eigenvalue weighted by molar-refractivity contribution is 5.80. The van der Waals surface area contributed by atoms with Gasteiger partial charge in [-0.3, -0.25) is 9.48 Å². The van der Waals surface area contributed by atoms with Crippen molar-refractivity contribution in [2.45, 2.75) is 25.7 Å². The molecule has 23 heavy (non-hydrogen) atoms. The molecule has 0 aliphatic carbocycles. The third-order valence-corrected chi connectivity index (χ3v) is 5.17. The first-order valence-corrected chi connectivity index (χ1v) is 8.83. The van der Waals surface area contributed by atoms with Crippen molar-refractivity contribution in [2.75, 3.05) is 39.3 Å². The second-order valence-corrected chi connectivity index (χ2v) is 7.16. The first-order chi connectivity index (χ1) is 11.1. The molecule has 1 amide bonds. The Morgan fingerprint density at radius 3 is 3.09 bits per heavy atom. The summed E-state index contributed by atoms with van der Waals surface area (Å²) in [5, 5.41) is 10.7. The van der Waals surface area contributed by atoms with E-state index in [0.717, 1.165) is 37.7 Å². The number of aryl methyl sites for hydroxylation is 1. The molecular formula is C17H29N5O. The van der Waals surface area contributed by atoms with Crippen molar-refractivity contribution >= 4 is 5.91 Å². The molecule has 2 saturated heterocycles. The summed E-state index contributed by atoms with van der Waals surface area (Å²) in [6, 6.07) is 0. The van der Waals surface area contributed by atoms with E-state index in [-0.39, 0.29) is 17.7 Å². The van der Waals surface area contributed by atoms with Crippen LogP contribution in [-0.2, 0) is 11.8 Å². The topological polar surface area (TPSA) is 62.2 Å². The molecule has 1 aromatic rings. The molecular weight excluding hydrogens is 290 g/mol. The van der Waals surface area contributed by atoms with Crippen LogP contribution in [0.3, 0.4) is 0 Å². The maximum atomic E-state index is 12.5. The minimum absolute atomic E-state index is 0.0134. The number of amides is 1. The van der Waals surface area contributed by atoms with Crippen molar-refractivity contribution in [3.8, 4) is 0 Å². The molecule has 1 unspecified atom stereocenters. The van der Waals surface area contributed by atoms with E-state index in [1.165, 1.54) is 25.9 Å². The largest absolute Gasteiger partial charge is 0.355 e. The number of hydrogen-bond acceptors (Lipinski definition) is 4. The highest BCUT2D eigenvalue weighted by Gasteiger charge is 2.34. The normalized spacial score (nSPS) is 28.9. The minimum Gasteiger partial charge on any atom is -0.355 e. The van der Waals surface area contributed by atoms with Crippen molar-refractivity contribution in [3.05, 3.63) is 18.0 Å². The zero-order valence-electron chi connectivity index (χ0n) is 14.3. The Kier molecular flexibility index (Phi) is 5.33. The Bertz CT molecular complexity index is 529. The molecule has 0 bridgehead atoms. The summed E-state index contributed by atoms with van der Waals surface area (Å²) < 4.78 is 1.81. The molecule has 2 aliphatic rings. The van der Waals surface area contributed by atoms with E-state index in [2.05, 4.69) is 27.6 Å². The molecule has 1 aromatic heterocycles. The van der Waals surface area contributed by atoms with Gasteiger partial charge in [0.2, 0.25) is 5.91 Å². The van der Waals surface area contributed by atoms with Crippen LogP contribution in [0, 0.1) is 11.8 Å². The van der Waals surface area contributed by atoms with Crippen LogP contribution in [-0.4, -0.2) is 59.9 Å². The standard InChI is InChI=1S/C17H29N5O/c1-13-4-3-6-22(11-13)7-5-19-17(23)16-10-18-9-15(16)14-8-20-21(2)12-14/h8,12-13,15-16,18H,3-7,9-11H2,1-2H3,(H,19,23)/t13?,15-,16+/m1/s1. The number of carbonyl (C=O) groups is 1. The van der Waals surface area contributed by atoms with E-state index < -0.39 is 0 Å². The average Bonchev–Trinajstić information content (AvgIpc) is 3.15. The van der Waals surface area contributed by atoms with E-state index in [4.69, 9.17) is 0 Å². The fourth-order valence-corrected chi connectivity index (χ4v) is 3.89. The Labute approximate surface area is 138 Å². The molecule has 0 aromatic carbocycles. The molecule has 128 valence electrons. The van der Waals surface area contributed by atoms with Crippen LogP contribution in [0.2, 0.25) is 0 Å². The minimum atomic E-state index is 0.0134. The fraction of sp³-hybridized carbons (Fsp3) is 0.765. The van der Waals surface area contributed by atoms with Gasteiger partial charge in [0, 0.05) is 51.9 Å². The number of nitrogens with zero attached hydrogens (tertiary/aromatic N) is 3. The lowest BCUT2D eigenvalue weighted by Gasteiger charge is -2.30.